The molecule has 214 valence electrons. The van der Waals surface area contributed by atoms with Gasteiger partial charge in [0.05, 0.1) is 29.7 Å². The van der Waals surface area contributed by atoms with Gasteiger partial charge < -0.3 is 40.0 Å². The number of rotatable bonds is 10. The summed E-state index contributed by atoms with van der Waals surface area (Å²) >= 11 is 0. The number of nitrogens with zero attached hydrogens (tertiary/aromatic N) is 2. The number of carbonyl (C=O) groups is 3. The normalized spacial score (nSPS) is 18.1. The summed E-state index contributed by atoms with van der Waals surface area (Å²) in [6.45, 7) is 0.884. The highest BCUT2D eigenvalue weighted by atomic mass is 19.1. The van der Waals surface area contributed by atoms with E-state index in [-0.39, 0.29) is 50.3 Å². The van der Waals surface area contributed by atoms with Crippen LogP contribution in [0.1, 0.15) is 39.9 Å². The fraction of sp³-hybridized carbons (Fsp3) is 0.423. The number of halogens is 1. The average Bonchev–Trinajstić information content (AvgIpc) is 3.14. The van der Waals surface area contributed by atoms with Gasteiger partial charge in [-0.2, -0.15) is 0 Å². The Balaban J connectivity index is 1.67. The largest absolute Gasteiger partial charge is 0.502 e. The van der Waals surface area contributed by atoms with Crippen LogP contribution in [0, 0.1) is 5.82 Å². The minimum Gasteiger partial charge on any atom is -0.502 e. The summed E-state index contributed by atoms with van der Waals surface area (Å²) in [4.78, 5) is 38.5. The van der Waals surface area contributed by atoms with E-state index in [9.17, 15) is 34.8 Å². The zero-order valence-electron chi connectivity index (χ0n) is 22.1. The number of nitrogens with one attached hydrogen (secondary N) is 1. The molecule has 41 heavy (non-hydrogen) atoms. The van der Waals surface area contributed by atoms with Gasteiger partial charge in [-0.15, -0.1) is 0 Å². The van der Waals surface area contributed by atoms with Gasteiger partial charge in [-0.05, 0) is 24.6 Å². The van der Waals surface area contributed by atoms with Crippen molar-refractivity contribution in [3.63, 3.8) is 0 Å². The molecule has 12 nitrogen and oxygen atoms in total. The quantitative estimate of drug-likeness (QED) is 0.128. The Bertz CT molecular complexity index is 1340. The molecule has 2 amide bonds. The van der Waals surface area contributed by atoms with Crippen molar-refractivity contribution in [1.82, 2.24) is 15.1 Å². The number of carbonyl (C=O) groups excluding carboxylic acids is 3. The maximum Gasteiger partial charge on any atom is 0.282 e. The Morgan fingerprint density at radius 3 is 2.54 bits per heavy atom. The molecule has 1 atom stereocenters. The Morgan fingerprint density at radius 2 is 1.93 bits per heavy atom. The molecule has 0 spiro atoms. The van der Waals surface area contributed by atoms with Crippen LogP contribution >= 0.6 is 0 Å². The first-order valence-electron chi connectivity index (χ1n) is 12.7. The third-order valence-corrected chi connectivity index (χ3v) is 7.07. The molecular weight excluding hydrogens is 539 g/mol. The lowest BCUT2D eigenvalue weighted by Gasteiger charge is -2.38. The molecule has 0 saturated carbocycles. The third-order valence-electron chi connectivity index (χ3n) is 7.07. The minimum absolute atomic E-state index is 0.157. The van der Waals surface area contributed by atoms with E-state index in [0.29, 0.717) is 11.2 Å². The van der Waals surface area contributed by atoms with E-state index in [1.165, 1.54) is 36.2 Å². The molecule has 4 radical (unpaired) electrons. The van der Waals surface area contributed by atoms with Crippen molar-refractivity contribution in [2.75, 3.05) is 33.4 Å². The van der Waals surface area contributed by atoms with Gasteiger partial charge in [0.2, 0.25) is 5.91 Å². The van der Waals surface area contributed by atoms with Crippen molar-refractivity contribution < 1.29 is 48.7 Å². The highest BCUT2D eigenvalue weighted by molar-refractivity contribution is 6.39. The first kappa shape index (κ1) is 30.6. The molecule has 0 aromatic heterocycles. The van der Waals surface area contributed by atoms with Crippen molar-refractivity contribution >= 4 is 33.8 Å². The van der Waals surface area contributed by atoms with Crippen molar-refractivity contribution in [2.24, 2.45) is 0 Å². The monoisotopic (exact) mass is 567 g/mol. The molecular formula is C26H28B2FN3O9. The molecule has 1 fully saturated rings. The number of hydrogen-bond donors (Lipinski definition) is 5. The zero-order valence-corrected chi connectivity index (χ0v) is 22.1. The number of benzene rings is 2. The molecule has 4 rings (SSSR count). The fourth-order valence-electron chi connectivity index (χ4n) is 5.00. The average molecular weight is 567 g/mol. The lowest BCUT2D eigenvalue weighted by Crippen LogP contribution is -2.55. The number of fused-ring (bicyclic) bond motifs is 1. The van der Waals surface area contributed by atoms with Crippen LogP contribution in [0.4, 0.5) is 4.39 Å². The van der Waals surface area contributed by atoms with Crippen LogP contribution in [-0.2, 0) is 31.5 Å². The van der Waals surface area contributed by atoms with E-state index < -0.39 is 57.8 Å². The molecule has 5 N–H and O–H groups in total. The molecule has 0 bridgehead atoms. The van der Waals surface area contributed by atoms with Gasteiger partial charge >= 0.3 is 0 Å². The van der Waals surface area contributed by atoms with Crippen molar-refractivity contribution in [3.8, 4) is 5.75 Å². The van der Waals surface area contributed by atoms with Crippen LogP contribution < -0.4 is 10.1 Å². The maximum absolute atomic E-state index is 15.3. The van der Waals surface area contributed by atoms with Crippen LogP contribution in [0.15, 0.2) is 36.4 Å². The molecule has 2 aromatic carbocycles. The smallest absolute Gasteiger partial charge is 0.282 e. The second-order valence-corrected chi connectivity index (χ2v) is 9.69. The maximum atomic E-state index is 15.3. The van der Waals surface area contributed by atoms with Crippen LogP contribution in [-0.4, -0.2) is 103 Å². The molecule has 15 heteroatoms. The summed E-state index contributed by atoms with van der Waals surface area (Å²) in [5.41, 5.74) is -1.40. The number of aldehydes is 1. The Labute approximate surface area is 237 Å². The molecule has 1 unspecified atom stereocenters. The Kier molecular flexibility index (Phi) is 8.60. The Morgan fingerprint density at radius 1 is 1.24 bits per heavy atom. The summed E-state index contributed by atoms with van der Waals surface area (Å²) in [6, 6.07) is 5.45. The molecule has 2 heterocycles. The summed E-state index contributed by atoms with van der Waals surface area (Å²) in [6.07, 6.45) is 0.152. The number of likely N-dealkylation sites (N-methyl/N-ethyl adjacent to an activating group) is 1. The van der Waals surface area contributed by atoms with E-state index in [1.54, 1.807) is 0 Å². The number of ether oxygens (including phenoxy) is 2. The molecule has 2 aliphatic rings. The highest BCUT2D eigenvalue weighted by Gasteiger charge is 2.54. The fourth-order valence-corrected chi connectivity index (χ4v) is 5.00. The SMILES string of the molecule is [B]C([B])(Oc1cccc2c1C(O)(O)N(C(CCC=O)C(=O)NC)C2=O)c1ccc(C(O)(O)N2CCOCC2)cc1F. The summed E-state index contributed by atoms with van der Waals surface area (Å²) < 4.78 is 26.2. The zero-order chi connectivity index (χ0) is 30.2. The standard InChI is InChI=1S/C26H28B2FN3O9/c1-30-22(34)19(5-3-11-33)32-23(35)16-4-2-6-20(21(16)26(32,38)39)41-24(27,28)17-8-7-15(14-18(17)29)25(36,37)31-9-12-40-13-10-31/h2,4,6-8,11,14,19,36-39H,3,5,9-10,12-13H2,1H3,(H,30,34). The highest BCUT2D eigenvalue weighted by Crippen LogP contribution is 2.44. The van der Waals surface area contributed by atoms with Gasteiger partial charge in [0.15, 0.2) is 0 Å². The van der Waals surface area contributed by atoms with Crippen molar-refractivity contribution in [2.45, 2.75) is 36.1 Å². The summed E-state index contributed by atoms with van der Waals surface area (Å²) in [7, 11) is 13.5. The van der Waals surface area contributed by atoms with Crippen LogP contribution in [0.2, 0.25) is 0 Å². The third kappa shape index (κ3) is 5.61. The number of aliphatic hydroxyl groups is 4. The van der Waals surface area contributed by atoms with Crippen LogP contribution in [0.3, 0.4) is 0 Å². The number of amides is 2. The van der Waals surface area contributed by atoms with E-state index in [4.69, 9.17) is 25.2 Å². The van der Waals surface area contributed by atoms with Gasteiger partial charge in [-0.3, -0.25) is 14.5 Å². The van der Waals surface area contributed by atoms with Gasteiger partial charge in [0.1, 0.15) is 39.6 Å². The van der Waals surface area contributed by atoms with Gasteiger partial charge in [0, 0.05) is 37.7 Å². The minimum atomic E-state index is -3.10. The van der Waals surface area contributed by atoms with E-state index >= 15 is 4.39 Å². The predicted octanol–water partition coefficient (Wildman–Crippen LogP) is -1.58. The molecule has 2 aliphatic heterocycles. The van der Waals surface area contributed by atoms with Gasteiger partial charge in [-0.1, -0.05) is 18.2 Å². The van der Waals surface area contributed by atoms with Gasteiger partial charge in [-0.25, -0.2) is 9.29 Å². The Hall–Kier alpha value is -3.33. The molecule has 1 saturated heterocycles. The number of hydrogen-bond acceptors (Lipinski definition) is 10. The second-order valence-electron chi connectivity index (χ2n) is 9.69. The lowest BCUT2D eigenvalue weighted by molar-refractivity contribution is -0.287. The van der Waals surface area contributed by atoms with Gasteiger partial charge in [0.25, 0.3) is 17.7 Å². The topological polar surface area (TPSA) is 169 Å². The van der Waals surface area contributed by atoms with E-state index in [2.05, 4.69) is 5.32 Å². The predicted molar refractivity (Wildman–Crippen MR) is 141 cm³/mol. The first-order valence-corrected chi connectivity index (χ1v) is 12.7. The number of morpholine rings is 1. The lowest BCUT2D eigenvalue weighted by atomic mass is 9.60. The van der Waals surface area contributed by atoms with E-state index in [0.717, 1.165) is 12.1 Å². The summed E-state index contributed by atoms with van der Waals surface area (Å²) in [5.74, 6) is -8.79. The first-order chi connectivity index (χ1) is 19.3. The molecule has 2 aromatic rings. The van der Waals surface area contributed by atoms with Crippen molar-refractivity contribution in [3.05, 3.63) is 64.5 Å². The van der Waals surface area contributed by atoms with Crippen molar-refractivity contribution in [1.29, 1.82) is 0 Å². The second kappa shape index (κ2) is 11.5. The van der Waals surface area contributed by atoms with Crippen LogP contribution in [0.25, 0.3) is 0 Å². The van der Waals surface area contributed by atoms with Crippen LogP contribution in [0.5, 0.6) is 5.75 Å². The summed E-state index contributed by atoms with van der Waals surface area (Å²) in [5, 5.41) is 43.4. The van der Waals surface area contributed by atoms with E-state index in [1.807, 2.05) is 0 Å². The molecule has 0 aliphatic carbocycles.